The average molecular weight is 283 g/mol. The van der Waals surface area contributed by atoms with Gasteiger partial charge in [-0.15, -0.1) is 0 Å². The van der Waals surface area contributed by atoms with E-state index in [-0.39, 0.29) is 6.09 Å². The maximum absolute atomic E-state index is 11.9. The lowest BCUT2D eigenvalue weighted by Crippen LogP contribution is -2.48. The number of ether oxygens (including phenoxy) is 1. The minimum Gasteiger partial charge on any atom is -0.444 e. The lowest BCUT2D eigenvalue weighted by Gasteiger charge is -2.34. The quantitative estimate of drug-likeness (QED) is 0.745. The predicted molar refractivity (Wildman–Crippen MR) is 81.9 cm³/mol. The maximum Gasteiger partial charge on any atom is 0.410 e. The second-order valence-electron chi connectivity index (χ2n) is 6.45. The molecule has 0 saturated carbocycles. The number of hydrazone groups is 1. The van der Waals surface area contributed by atoms with Gasteiger partial charge < -0.3 is 9.64 Å². The van der Waals surface area contributed by atoms with Crippen LogP contribution in [-0.2, 0) is 4.74 Å². The lowest BCUT2D eigenvalue weighted by molar-refractivity contribution is 0.0148. The van der Waals surface area contributed by atoms with Crippen LogP contribution in [0.3, 0.4) is 0 Å². The standard InChI is InChI=1S/C15H29N3O2/c1-6-7-13(2)12-16-18-10-8-17(9-11-18)14(19)20-15(3,4)5/h12-13H,6-11H2,1-5H3/b16-12+. The Morgan fingerprint density at radius 2 is 1.90 bits per heavy atom. The molecule has 5 heteroatoms. The summed E-state index contributed by atoms with van der Waals surface area (Å²) in [6.45, 7) is 12.9. The molecule has 1 fully saturated rings. The van der Waals surface area contributed by atoms with E-state index in [1.807, 2.05) is 32.0 Å². The van der Waals surface area contributed by atoms with Crippen molar-refractivity contribution in [3.05, 3.63) is 0 Å². The second kappa shape index (κ2) is 7.50. The van der Waals surface area contributed by atoms with E-state index < -0.39 is 5.60 Å². The summed E-state index contributed by atoms with van der Waals surface area (Å²) in [6.07, 6.45) is 4.15. The first-order chi connectivity index (χ1) is 9.31. The van der Waals surface area contributed by atoms with E-state index in [1.54, 1.807) is 4.90 Å². The Kier molecular flexibility index (Phi) is 6.30. The molecule has 0 spiro atoms. The maximum atomic E-state index is 11.9. The van der Waals surface area contributed by atoms with Gasteiger partial charge in [0.25, 0.3) is 0 Å². The molecule has 1 saturated heterocycles. The van der Waals surface area contributed by atoms with Crippen molar-refractivity contribution in [2.24, 2.45) is 11.0 Å². The highest BCUT2D eigenvalue weighted by atomic mass is 16.6. The van der Waals surface area contributed by atoms with Gasteiger partial charge in [0.05, 0.1) is 13.1 Å². The molecule has 5 nitrogen and oxygen atoms in total. The van der Waals surface area contributed by atoms with Crippen LogP contribution in [-0.4, -0.2) is 54.0 Å². The van der Waals surface area contributed by atoms with Crippen LogP contribution >= 0.6 is 0 Å². The molecule has 1 rings (SSSR count). The van der Waals surface area contributed by atoms with Gasteiger partial charge in [-0.2, -0.15) is 5.10 Å². The van der Waals surface area contributed by atoms with Crippen LogP contribution in [0.25, 0.3) is 0 Å². The third kappa shape index (κ3) is 6.26. The number of carbonyl (C=O) groups excluding carboxylic acids is 1. The van der Waals surface area contributed by atoms with E-state index in [0.29, 0.717) is 19.0 Å². The fourth-order valence-electron chi connectivity index (χ4n) is 2.06. The molecular weight excluding hydrogens is 254 g/mol. The number of rotatable bonds is 4. The molecule has 1 heterocycles. The lowest BCUT2D eigenvalue weighted by atomic mass is 10.1. The summed E-state index contributed by atoms with van der Waals surface area (Å²) >= 11 is 0. The summed E-state index contributed by atoms with van der Waals surface area (Å²) in [5.41, 5.74) is -0.429. The van der Waals surface area contributed by atoms with E-state index in [2.05, 4.69) is 18.9 Å². The first-order valence-corrected chi connectivity index (χ1v) is 7.59. The minimum absolute atomic E-state index is 0.222. The van der Waals surface area contributed by atoms with Gasteiger partial charge in [-0.1, -0.05) is 20.3 Å². The third-order valence-electron chi connectivity index (χ3n) is 3.14. The topological polar surface area (TPSA) is 45.1 Å². The van der Waals surface area contributed by atoms with Gasteiger partial charge in [0.2, 0.25) is 0 Å². The van der Waals surface area contributed by atoms with Crippen molar-refractivity contribution in [1.29, 1.82) is 0 Å². The zero-order chi connectivity index (χ0) is 15.2. The van der Waals surface area contributed by atoms with Crippen molar-refractivity contribution in [2.45, 2.75) is 53.1 Å². The van der Waals surface area contributed by atoms with E-state index in [9.17, 15) is 4.79 Å². The first kappa shape index (κ1) is 16.8. The number of amides is 1. The molecule has 0 bridgehead atoms. The summed E-state index contributed by atoms with van der Waals surface area (Å²) in [4.78, 5) is 13.7. The van der Waals surface area contributed by atoms with Crippen LogP contribution in [0.5, 0.6) is 0 Å². The van der Waals surface area contributed by atoms with Crippen molar-refractivity contribution < 1.29 is 9.53 Å². The molecule has 0 aromatic carbocycles. The van der Waals surface area contributed by atoms with Crippen molar-refractivity contribution >= 4 is 12.3 Å². The second-order valence-corrected chi connectivity index (χ2v) is 6.45. The molecule has 1 atom stereocenters. The number of carbonyl (C=O) groups is 1. The molecule has 20 heavy (non-hydrogen) atoms. The van der Waals surface area contributed by atoms with Crippen molar-refractivity contribution in [3.63, 3.8) is 0 Å². The highest BCUT2D eigenvalue weighted by molar-refractivity contribution is 5.68. The van der Waals surface area contributed by atoms with Crippen LogP contribution in [0.15, 0.2) is 5.10 Å². The molecule has 1 aliphatic rings. The zero-order valence-corrected chi connectivity index (χ0v) is 13.6. The predicted octanol–water partition coefficient (Wildman–Crippen LogP) is 2.96. The minimum atomic E-state index is -0.429. The summed E-state index contributed by atoms with van der Waals surface area (Å²) in [7, 11) is 0. The van der Waals surface area contributed by atoms with Crippen LogP contribution < -0.4 is 0 Å². The van der Waals surface area contributed by atoms with Gasteiger partial charge in [0, 0.05) is 19.3 Å². The van der Waals surface area contributed by atoms with Crippen LogP contribution in [0, 0.1) is 5.92 Å². The first-order valence-electron chi connectivity index (χ1n) is 7.59. The monoisotopic (exact) mass is 283 g/mol. The Morgan fingerprint density at radius 1 is 1.30 bits per heavy atom. The average Bonchev–Trinajstić information content (AvgIpc) is 2.35. The van der Waals surface area contributed by atoms with E-state index in [4.69, 9.17) is 4.74 Å². The van der Waals surface area contributed by atoms with Gasteiger partial charge in [-0.3, -0.25) is 5.01 Å². The van der Waals surface area contributed by atoms with Gasteiger partial charge in [0.1, 0.15) is 5.60 Å². The molecule has 0 aromatic heterocycles. The molecular formula is C15H29N3O2. The van der Waals surface area contributed by atoms with Gasteiger partial charge in [-0.05, 0) is 33.1 Å². The molecule has 116 valence electrons. The SMILES string of the molecule is CCCC(C)/C=N/N1CCN(C(=O)OC(C)(C)C)CC1. The Bertz CT molecular complexity index is 329. The normalized spacial score (nSPS) is 18.4. The Morgan fingerprint density at radius 3 is 2.40 bits per heavy atom. The van der Waals surface area contributed by atoms with Crippen molar-refractivity contribution in [2.75, 3.05) is 26.2 Å². The summed E-state index contributed by atoms with van der Waals surface area (Å²) < 4.78 is 5.37. The molecule has 1 aliphatic heterocycles. The highest BCUT2D eigenvalue weighted by Gasteiger charge is 2.25. The highest BCUT2D eigenvalue weighted by Crippen LogP contribution is 2.12. The number of piperazine rings is 1. The number of hydrogen-bond acceptors (Lipinski definition) is 4. The molecule has 1 amide bonds. The molecule has 1 unspecified atom stereocenters. The van der Waals surface area contributed by atoms with E-state index >= 15 is 0 Å². The van der Waals surface area contributed by atoms with E-state index in [1.165, 1.54) is 12.8 Å². The smallest absolute Gasteiger partial charge is 0.410 e. The van der Waals surface area contributed by atoms with Crippen LogP contribution in [0.4, 0.5) is 4.79 Å². The number of hydrogen-bond donors (Lipinski definition) is 0. The number of nitrogens with zero attached hydrogens (tertiary/aromatic N) is 3. The Labute approximate surface area is 123 Å². The summed E-state index contributed by atoms with van der Waals surface area (Å²) in [5, 5.41) is 6.53. The Balaban J connectivity index is 2.34. The largest absolute Gasteiger partial charge is 0.444 e. The summed E-state index contributed by atoms with van der Waals surface area (Å²) in [6, 6.07) is 0. The van der Waals surface area contributed by atoms with Gasteiger partial charge >= 0.3 is 6.09 Å². The van der Waals surface area contributed by atoms with Gasteiger partial charge in [-0.25, -0.2) is 4.79 Å². The fourth-order valence-corrected chi connectivity index (χ4v) is 2.06. The van der Waals surface area contributed by atoms with Crippen LogP contribution in [0.2, 0.25) is 0 Å². The fraction of sp³-hybridized carbons (Fsp3) is 0.867. The van der Waals surface area contributed by atoms with Crippen molar-refractivity contribution in [3.8, 4) is 0 Å². The van der Waals surface area contributed by atoms with E-state index in [0.717, 1.165) is 13.1 Å². The third-order valence-corrected chi connectivity index (χ3v) is 3.14. The zero-order valence-electron chi connectivity index (χ0n) is 13.6. The summed E-state index contributed by atoms with van der Waals surface area (Å²) in [5.74, 6) is 0.517. The Hall–Kier alpha value is -1.26. The van der Waals surface area contributed by atoms with Crippen LogP contribution in [0.1, 0.15) is 47.5 Å². The molecule has 0 N–H and O–H groups in total. The molecule has 0 aliphatic carbocycles. The molecule has 0 aromatic rings. The van der Waals surface area contributed by atoms with Gasteiger partial charge in [0.15, 0.2) is 0 Å². The molecule has 0 radical (unpaired) electrons. The van der Waals surface area contributed by atoms with Crippen molar-refractivity contribution in [1.82, 2.24) is 9.91 Å².